The average Bonchev–Trinajstić information content (AvgIpc) is 3.36. The number of carbonyl (C=O) groups excluding carboxylic acids is 1. The molecule has 1 N–H and O–H groups in total. The van der Waals surface area contributed by atoms with Crippen LogP contribution in [0.15, 0.2) is 24.3 Å². The molecule has 5 nitrogen and oxygen atoms in total. The number of ether oxygens (including phenoxy) is 1. The monoisotopic (exact) mass is 357 g/mol. The zero-order chi connectivity index (χ0) is 18.4. The number of carbonyl (C=O) groups is 2. The van der Waals surface area contributed by atoms with Crippen LogP contribution in [0.2, 0.25) is 0 Å². The Labute approximate surface area is 154 Å². The van der Waals surface area contributed by atoms with E-state index in [2.05, 4.69) is 24.3 Å². The Morgan fingerprint density at radius 3 is 2.85 bits per heavy atom. The first-order valence-electron chi connectivity index (χ1n) is 9.62. The fraction of sp³-hybridized carbons (Fsp3) is 0.619. The number of fused-ring (bicyclic) bond motifs is 2. The van der Waals surface area contributed by atoms with E-state index in [1.807, 2.05) is 0 Å². The van der Waals surface area contributed by atoms with Crippen LogP contribution in [0.5, 0.6) is 0 Å². The number of piperidine rings is 1. The summed E-state index contributed by atoms with van der Waals surface area (Å²) in [5, 5.41) is 9.73. The lowest BCUT2D eigenvalue weighted by Gasteiger charge is -2.40. The molecule has 3 unspecified atom stereocenters. The SMILES string of the molecule is COCC1(C(=O)O)CCCN(C(=O)C2CC23CCCc2ccccc23)C1. The standard InChI is InChI=1S/C21H27NO4/c1-26-14-20(19(24)25)9-5-11-22(13-20)18(23)17-12-21(17)10-4-7-15-6-2-3-8-16(15)21/h2-3,6,8,17H,4-5,7,9-14H2,1H3,(H,24,25). The molecule has 1 saturated heterocycles. The molecule has 0 radical (unpaired) electrons. The average molecular weight is 357 g/mol. The highest BCUT2D eigenvalue weighted by Crippen LogP contribution is 2.61. The number of hydrogen-bond acceptors (Lipinski definition) is 3. The highest BCUT2D eigenvalue weighted by Gasteiger charge is 2.61. The molecule has 1 amide bonds. The van der Waals surface area contributed by atoms with E-state index in [1.54, 1.807) is 4.90 Å². The Morgan fingerprint density at radius 2 is 2.08 bits per heavy atom. The number of aliphatic carboxylic acids is 1. The smallest absolute Gasteiger partial charge is 0.313 e. The maximum atomic E-state index is 13.3. The number of aryl methyl sites for hydroxylation is 1. The van der Waals surface area contributed by atoms with Crippen LogP contribution in [-0.4, -0.2) is 48.7 Å². The largest absolute Gasteiger partial charge is 0.481 e. The molecular formula is C21H27NO4. The molecule has 1 aromatic rings. The lowest BCUT2D eigenvalue weighted by Crippen LogP contribution is -2.52. The maximum Gasteiger partial charge on any atom is 0.313 e. The Morgan fingerprint density at radius 1 is 1.27 bits per heavy atom. The van der Waals surface area contributed by atoms with Gasteiger partial charge in [0.05, 0.1) is 6.61 Å². The number of nitrogens with zero attached hydrogens (tertiary/aromatic N) is 1. The topological polar surface area (TPSA) is 66.8 Å². The van der Waals surface area contributed by atoms with E-state index in [1.165, 1.54) is 18.2 Å². The summed E-state index contributed by atoms with van der Waals surface area (Å²) in [5.74, 6) is -0.704. The van der Waals surface area contributed by atoms with Gasteiger partial charge in [0.15, 0.2) is 0 Å². The van der Waals surface area contributed by atoms with Gasteiger partial charge in [-0.05, 0) is 49.7 Å². The van der Waals surface area contributed by atoms with Gasteiger partial charge in [0.1, 0.15) is 5.41 Å². The molecule has 1 aliphatic heterocycles. The minimum absolute atomic E-state index is 0.00346. The van der Waals surface area contributed by atoms with E-state index in [0.29, 0.717) is 13.0 Å². The molecule has 2 fully saturated rings. The van der Waals surface area contributed by atoms with Gasteiger partial charge in [-0.2, -0.15) is 0 Å². The van der Waals surface area contributed by atoms with Crippen LogP contribution in [0.1, 0.15) is 43.2 Å². The summed E-state index contributed by atoms with van der Waals surface area (Å²) in [4.78, 5) is 26.9. The molecule has 140 valence electrons. The van der Waals surface area contributed by atoms with E-state index < -0.39 is 11.4 Å². The normalized spacial score (nSPS) is 33.0. The molecule has 26 heavy (non-hydrogen) atoms. The van der Waals surface area contributed by atoms with Crippen molar-refractivity contribution in [1.82, 2.24) is 4.90 Å². The first-order valence-corrected chi connectivity index (χ1v) is 9.62. The molecule has 0 aromatic heterocycles. The molecule has 0 bridgehead atoms. The third kappa shape index (κ3) is 2.64. The molecule has 5 heteroatoms. The van der Waals surface area contributed by atoms with Crippen molar-refractivity contribution in [3.8, 4) is 0 Å². The van der Waals surface area contributed by atoms with Gasteiger partial charge >= 0.3 is 5.97 Å². The van der Waals surface area contributed by atoms with Crippen molar-refractivity contribution in [3.05, 3.63) is 35.4 Å². The number of carboxylic acids is 1. The highest BCUT2D eigenvalue weighted by atomic mass is 16.5. The molecule has 1 saturated carbocycles. The lowest BCUT2D eigenvalue weighted by molar-refractivity contribution is -0.159. The van der Waals surface area contributed by atoms with Gasteiger partial charge in [0, 0.05) is 31.5 Å². The molecule has 3 aliphatic rings. The second-order valence-corrected chi connectivity index (χ2v) is 8.31. The third-order valence-corrected chi connectivity index (χ3v) is 6.76. The van der Waals surface area contributed by atoms with Crippen LogP contribution in [-0.2, 0) is 26.2 Å². The summed E-state index contributed by atoms with van der Waals surface area (Å²) >= 11 is 0. The Balaban J connectivity index is 1.54. The summed E-state index contributed by atoms with van der Waals surface area (Å²) < 4.78 is 5.19. The predicted octanol–water partition coefficient (Wildman–Crippen LogP) is 2.62. The zero-order valence-electron chi connectivity index (χ0n) is 15.4. The molecular weight excluding hydrogens is 330 g/mol. The second kappa shape index (κ2) is 6.38. The van der Waals surface area contributed by atoms with Gasteiger partial charge in [-0.15, -0.1) is 0 Å². The van der Waals surface area contributed by atoms with Gasteiger partial charge in [0.25, 0.3) is 0 Å². The summed E-state index contributed by atoms with van der Waals surface area (Å²) in [6.45, 7) is 1.08. The number of likely N-dealkylation sites (tertiary alicyclic amines) is 1. The molecule has 1 aromatic carbocycles. The van der Waals surface area contributed by atoms with Gasteiger partial charge in [-0.1, -0.05) is 24.3 Å². The Bertz CT molecular complexity index is 728. The summed E-state index contributed by atoms with van der Waals surface area (Å²) in [6.07, 6.45) is 5.48. The van der Waals surface area contributed by atoms with E-state index in [-0.39, 0.29) is 30.4 Å². The maximum absolute atomic E-state index is 13.3. The van der Waals surface area contributed by atoms with Crippen molar-refractivity contribution in [3.63, 3.8) is 0 Å². The fourth-order valence-electron chi connectivity index (χ4n) is 5.33. The van der Waals surface area contributed by atoms with Crippen molar-refractivity contribution >= 4 is 11.9 Å². The van der Waals surface area contributed by atoms with Gasteiger partial charge in [-0.3, -0.25) is 9.59 Å². The van der Waals surface area contributed by atoms with Gasteiger partial charge < -0.3 is 14.7 Å². The highest BCUT2D eigenvalue weighted by molar-refractivity contribution is 5.86. The first-order chi connectivity index (χ1) is 12.5. The van der Waals surface area contributed by atoms with Crippen LogP contribution in [0.25, 0.3) is 0 Å². The first kappa shape index (κ1) is 17.5. The van der Waals surface area contributed by atoms with Gasteiger partial charge in [-0.25, -0.2) is 0 Å². The van der Waals surface area contributed by atoms with Crippen molar-refractivity contribution in [1.29, 1.82) is 0 Å². The number of methoxy groups -OCH3 is 1. The predicted molar refractivity (Wildman–Crippen MR) is 96.9 cm³/mol. The minimum Gasteiger partial charge on any atom is -0.481 e. The van der Waals surface area contributed by atoms with E-state index in [9.17, 15) is 14.7 Å². The quantitative estimate of drug-likeness (QED) is 0.899. The molecule has 1 spiro atoms. The van der Waals surface area contributed by atoms with Crippen LogP contribution >= 0.6 is 0 Å². The summed E-state index contributed by atoms with van der Waals surface area (Å²) in [7, 11) is 1.53. The van der Waals surface area contributed by atoms with Crippen LogP contribution in [0.4, 0.5) is 0 Å². The number of carboxylic acid groups (broad SMARTS) is 1. The molecule has 2 aliphatic carbocycles. The fourth-order valence-corrected chi connectivity index (χ4v) is 5.33. The third-order valence-electron chi connectivity index (χ3n) is 6.76. The lowest BCUT2D eigenvalue weighted by atomic mass is 9.78. The summed E-state index contributed by atoms with van der Waals surface area (Å²) in [5.41, 5.74) is 1.76. The second-order valence-electron chi connectivity index (χ2n) is 8.31. The van der Waals surface area contributed by atoms with Crippen molar-refractivity contribution in [2.24, 2.45) is 11.3 Å². The molecule has 3 atom stereocenters. The summed E-state index contributed by atoms with van der Waals surface area (Å²) in [6, 6.07) is 8.52. The molecule has 1 heterocycles. The van der Waals surface area contributed by atoms with Crippen molar-refractivity contribution < 1.29 is 19.4 Å². The Hall–Kier alpha value is -1.88. The molecule has 4 rings (SSSR count). The van der Waals surface area contributed by atoms with E-state index >= 15 is 0 Å². The number of rotatable bonds is 4. The van der Waals surface area contributed by atoms with Crippen LogP contribution in [0, 0.1) is 11.3 Å². The van der Waals surface area contributed by atoms with Gasteiger partial charge in [0.2, 0.25) is 5.91 Å². The van der Waals surface area contributed by atoms with Crippen LogP contribution < -0.4 is 0 Å². The van der Waals surface area contributed by atoms with Crippen molar-refractivity contribution in [2.45, 2.75) is 43.9 Å². The number of hydrogen-bond donors (Lipinski definition) is 1. The Kier molecular flexibility index (Phi) is 4.30. The number of amides is 1. The van der Waals surface area contributed by atoms with E-state index in [0.717, 1.165) is 32.1 Å². The van der Waals surface area contributed by atoms with Crippen LogP contribution in [0.3, 0.4) is 0 Å². The van der Waals surface area contributed by atoms with E-state index in [4.69, 9.17) is 4.74 Å². The number of benzene rings is 1. The minimum atomic E-state index is -0.963. The van der Waals surface area contributed by atoms with Crippen molar-refractivity contribution in [2.75, 3.05) is 26.8 Å². The zero-order valence-corrected chi connectivity index (χ0v) is 15.4.